The number of piperazine rings is 1. The minimum Gasteiger partial charge on any atom is -0.369 e. The van der Waals surface area contributed by atoms with Crippen LogP contribution in [0.5, 0.6) is 0 Å². The van der Waals surface area contributed by atoms with Gasteiger partial charge in [0.25, 0.3) is 5.91 Å². The third-order valence-electron chi connectivity index (χ3n) is 6.71. The number of likely N-dealkylation sites (N-methyl/N-ethyl adjacent to an activating group) is 1. The maximum atomic E-state index is 13.2. The molecule has 2 aromatic heterocycles. The second-order valence-corrected chi connectivity index (χ2v) is 9.07. The van der Waals surface area contributed by atoms with Crippen molar-refractivity contribution in [2.24, 2.45) is 0 Å². The highest BCUT2D eigenvalue weighted by Gasteiger charge is 2.17. The summed E-state index contributed by atoms with van der Waals surface area (Å²) < 4.78 is 0. The summed E-state index contributed by atoms with van der Waals surface area (Å²) in [6.07, 6.45) is 4.95. The number of amides is 1. The fraction of sp³-hybridized carbons (Fsp3) is 0.241. The van der Waals surface area contributed by atoms with Crippen LogP contribution in [-0.4, -0.2) is 58.5 Å². The summed E-state index contributed by atoms with van der Waals surface area (Å²) in [5.74, 6) is 0.505. The molecular weight excluding hydrogens is 462 g/mol. The largest absolute Gasteiger partial charge is 0.369 e. The summed E-state index contributed by atoms with van der Waals surface area (Å²) in [6, 6.07) is 19.4. The first-order valence-electron chi connectivity index (χ1n) is 12.6. The molecule has 3 heterocycles. The van der Waals surface area contributed by atoms with Crippen LogP contribution < -0.4 is 15.5 Å². The second kappa shape index (κ2) is 11.2. The van der Waals surface area contributed by atoms with Gasteiger partial charge in [-0.1, -0.05) is 19.1 Å². The zero-order chi connectivity index (χ0) is 25.6. The molecule has 1 aliphatic heterocycles. The minimum atomic E-state index is -0.159. The second-order valence-electron chi connectivity index (χ2n) is 9.07. The van der Waals surface area contributed by atoms with Crippen molar-refractivity contribution in [3.8, 4) is 11.3 Å². The molecule has 5 rings (SSSR count). The molecule has 0 radical (unpaired) electrons. The molecule has 2 N–H and O–H groups in total. The van der Waals surface area contributed by atoms with Gasteiger partial charge in [0.2, 0.25) is 0 Å². The first-order chi connectivity index (χ1) is 18.1. The maximum absolute atomic E-state index is 13.2. The molecule has 8 heteroatoms. The van der Waals surface area contributed by atoms with E-state index in [2.05, 4.69) is 54.4 Å². The van der Waals surface area contributed by atoms with Crippen LogP contribution in [0.25, 0.3) is 11.3 Å². The number of anilines is 4. The van der Waals surface area contributed by atoms with Gasteiger partial charge in [0.1, 0.15) is 12.1 Å². The van der Waals surface area contributed by atoms with Crippen LogP contribution in [0.15, 0.2) is 79.4 Å². The molecule has 0 unspecified atom stereocenters. The molecule has 1 fully saturated rings. The van der Waals surface area contributed by atoms with Gasteiger partial charge in [-0.05, 0) is 67.6 Å². The number of rotatable bonds is 7. The van der Waals surface area contributed by atoms with Crippen LogP contribution in [-0.2, 0) is 0 Å². The number of aromatic nitrogens is 3. The van der Waals surface area contributed by atoms with E-state index in [1.807, 2.05) is 55.5 Å². The molecule has 4 aromatic rings. The van der Waals surface area contributed by atoms with Crippen molar-refractivity contribution in [3.05, 3.63) is 90.5 Å². The Labute approximate surface area is 217 Å². The van der Waals surface area contributed by atoms with Crippen LogP contribution in [0.1, 0.15) is 22.8 Å². The molecule has 188 valence electrons. The Bertz CT molecular complexity index is 1370. The quantitative estimate of drug-likeness (QED) is 0.375. The molecular formula is C29H31N7O. The maximum Gasteiger partial charge on any atom is 0.255 e. The van der Waals surface area contributed by atoms with Crippen molar-refractivity contribution in [2.45, 2.75) is 13.8 Å². The summed E-state index contributed by atoms with van der Waals surface area (Å²) in [6.45, 7) is 9.37. The monoisotopic (exact) mass is 493 g/mol. The smallest absolute Gasteiger partial charge is 0.255 e. The molecule has 37 heavy (non-hydrogen) atoms. The van der Waals surface area contributed by atoms with Crippen molar-refractivity contribution < 1.29 is 4.79 Å². The van der Waals surface area contributed by atoms with Gasteiger partial charge in [-0.25, -0.2) is 15.0 Å². The Balaban J connectivity index is 1.32. The van der Waals surface area contributed by atoms with Crippen LogP contribution >= 0.6 is 0 Å². The van der Waals surface area contributed by atoms with E-state index in [1.165, 1.54) is 6.33 Å². The van der Waals surface area contributed by atoms with E-state index in [0.717, 1.165) is 66.6 Å². The highest BCUT2D eigenvalue weighted by Crippen LogP contribution is 2.29. The van der Waals surface area contributed by atoms with Crippen molar-refractivity contribution in [2.75, 3.05) is 48.3 Å². The number of carbonyl (C=O) groups is 1. The summed E-state index contributed by atoms with van der Waals surface area (Å²) in [5.41, 5.74) is 5.92. The van der Waals surface area contributed by atoms with E-state index >= 15 is 0 Å². The zero-order valence-electron chi connectivity index (χ0n) is 21.2. The van der Waals surface area contributed by atoms with Crippen LogP contribution in [0.3, 0.4) is 0 Å². The molecule has 0 aliphatic carbocycles. The van der Waals surface area contributed by atoms with E-state index in [9.17, 15) is 4.79 Å². The molecule has 0 bridgehead atoms. The Morgan fingerprint density at radius 2 is 1.81 bits per heavy atom. The first kappa shape index (κ1) is 24.4. The normalized spacial score (nSPS) is 13.8. The summed E-state index contributed by atoms with van der Waals surface area (Å²) in [4.78, 5) is 30.9. The van der Waals surface area contributed by atoms with E-state index in [1.54, 1.807) is 12.4 Å². The highest BCUT2D eigenvalue weighted by molar-refractivity contribution is 6.05. The van der Waals surface area contributed by atoms with Crippen LogP contribution in [0, 0.1) is 6.92 Å². The standard InChI is InChI=1S/C29H31N7O/c1-3-35-14-16-36(17-15-35)24-7-4-6-23(19-24)33-29(37)22-10-9-21(2)27(18-22)34-28-25(8-5-12-31-28)26-11-13-30-20-32-26/h4-13,18-20H,3,14-17H2,1-2H3,(H,31,34)(H,33,37). The predicted molar refractivity (Wildman–Crippen MR) is 148 cm³/mol. The lowest BCUT2D eigenvalue weighted by Gasteiger charge is -2.35. The van der Waals surface area contributed by atoms with Crippen molar-refractivity contribution in [3.63, 3.8) is 0 Å². The number of benzene rings is 2. The first-order valence-corrected chi connectivity index (χ1v) is 12.6. The number of nitrogens with zero attached hydrogens (tertiary/aromatic N) is 5. The van der Waals surface area contributed by atoms with Gasteiger partial charge in [-0.2, -0.15) is 0 Å². The number of carbonyl (C=O) groups excluding carboxylic acids is 1. The van der Waals surface area contributed by atoms with Gasteiger partial charge in [0.05, 0.1) is 5.69 Å². The molecule has 8 nitrogen and oxygen atoms in total. The Morgan fingerprint density at radius 3 is 2.59 bits per heavy atom. The summed E-state index contributed by atoms with van der Waals surface area (Å²) in [5, 5.41) is 6.47. The number of aryl methyl sites for hydroxylation is 1. The summed E-state index contributed by atoms with van der Waals surface area (Å²) >= 11 is 0. The lowest BCUT2D eigenvalue weighted by atomic mass is 10.1. The van der Waals surface area contributed by atoms with Gasteiger partial charge < -0.3 is 20.4 Å². The molecule has 2 aromatic carbocycles. The molecule has 0 saturated carbocycles. The van der Waals surface area contributed by atoms with E-state index in [-0.39, 0.29) is 5.91 Å². The van der Waals surface area contributed by atoms with Gasteiger partial charge in [-0.3, -0.25) is 4.79 Å². The Hall–Kier alpha value is -4.30. The van der Waals surface area contributed by atoms with Gasteiger partial charge in [0, 0.05) is 66.8 Å². The number of hydrogen-bond acceptors (Lipinski definition) is 7. The van der Waals surface area contributed by atoms with Gasteiger partial charge in [-0.15, -0.1) is 0 Å². The van der Waals surface area contributed by atoms with Crippen molar-refractivity contribution in [1.82, 2.24) is 19.9 Å². The lowest BCUT2D eigenvalue weighted by Crippen LogP contribution is -2.46. The number of pyridine rings is 1. The van der Waals surface area contributed by atoms with Crippen LogP contribution in [0.4, 0.5) is 22.9 Å². The van der Waals surface area contributed by atoms with Crippen LogP contribution in [0.2, 0.25) is 0 Å². The molecule has 0 atom stereocenters. The number of nitrogens with one attached hydrogen (secondary N) is 2. The molecule has 0 spiro atoms. The third-order valence-corrected chi connectivity index (χ3v) is 6.71. The fourth-order valence-corrected chi connectivity index (χ4v) is 4.49. The van der Waals surface area contributed by atoms with Crippen molar-refractivity contribution in [1.29, 1.82) is 0 Å². The molecule has 1 aliphatic rings. The average Bonchev–Trinajstić information content (AvgIpc) is 2.95. The average molecular weight is 494 g/mol. The third kappa shape index (κ3) is 5.76. The fourth-order valence-electron chi connectivity index (χ4n) is 4.49. The van der Waals surface area contributed by atoms with Crippen molar-refractivity contribution >= 4 is 28.8 Å². The highest BCUT2D eigenvalue weighted by atomic mass is 16.1. The summed E-state index contributed by atoms with van der Waals surface area (Å²) in [7, 11) is 0. The Kier molecular flexibility index (Phi) is 7.37. The van der Waals surface area contributed by atoms with E-state index in [0.29, 0.717) is 11.4 Å². The van der Waals surface area contributed by atoms with E-state index in [4.69, 9.17) is 0 Å². The van der Waals surface area contributed by atoms with Gasteiger partial charge >= 0.3 is 0 Å². The molecule has 1 amide bonds. The zero-order valence-corrected chi connectivity index (χ0v) is 21.2. The predicted octanol–water partition coefficient (Wildman–Crippen LogP) is 4.98. The SMILES string of the molecule is CCN1CCN(c2cccc(NC(=O)c3ccc(C)c(Nc4ncccc4-c4ccncn4)c3)c2)CC1. The number of hydrogen-bond donors (Lipinski definition) is 2. The van der Waals surface area contributed by atoms with Gasteiger partial charge in [0.15, 0.2) is 0 Å². The molecule has 1 saturated heterocycles. The Morgan fingerprint density at radius 1 is 0.946 bits per heavy atom. The topological polar surface area (TPSA) is 86.3 Å². The minimum absolute atomic E-state index is 0.159. The lowest BCUT2D eigenvalue weighted by molar-refractivity contribution is 0.102. The van der Waals surface area contributed by atoms with E-state index < -0.39 is 0 Å².